The molecule has 2 nitrogen and oxygen atoms in total. The largest absolute Gasteiger partial charge is 0.490 e. The Bertz CT molecular complexity index is 419. The molecule has 3 heteroatoms. The van der Waals surface area contributed by atoms with Gasteiger partial charge in [-0.15, -0.1) is 0 Å². The molecule has 1 aromatic carbocycles. The second kappa shape index (κ2) is 6.38. The maximum Gasteiger partial charge on any atom is 0.123 e. The van der Waals surface area contributed by atoms with E-state index in [1.54, 1.807) is 12.1 Å². The monoisotopic (exact) mass is 265 g/mol. The lowest BCUT2D eigenvalue weighted by atomic mass is 9.96. The van der Waals surface area contributed by atoms with Gasteiger partial charge < -0.3 is 10.1 Å². The summed E-state index contributed by atoms with van der Waals surface area (Å²) < 4.78 is 19.1. The first-order valence-electron chi connectivity index (χ1n) is 7.27. The smallest absolute Gasteiger partial charge is 0.123 e. The summed E-state index contributed by atoms with van der Waals surface area (Å²) in [5.74, 6) is 1.31. The van der Waals surface area contributed by atoms with Crippen molar-refractivity contribution >= 4 is 0 Å². The van der Waals surface area contributed by atoms with Crippen LogP contribution in [0.1, 0.15) is 39.2 Å². The highest BCUT2D eigenvalue weighted by Crippen LogP contribution is 2.32. The van der Waals surface area contributed by atoms with E-state index < -0.39 is 0 Å². The van der Waals surface area contributed by atoms with Crippen molar-refractivity contribution in [1.82, 2.24) is 5.32 Å². The van der Waals surface area contributed by atoms with E-state index in [1.165, 1.54) is 6.07 Å². The van der Waals surface area contributed by atoms with Crippen molar-refractivity contribution in [1.29, 1.82) is 0 Å². The fourth-order valence-electron chi connectivity index (χ4n) is 2.59. The fraction of sp³-hybridized carbons (Fsp3) is 0.625. The third-order valence-corrected chi connectivity index (χ3v) is 3.75. The molecular weight excluding hydrogens is 241 g/mol. The quantitative estimate of drug-likeness (QED) is 0.849. The Morgan fingerprint density at radius 3 is 2.89 bits per heavy atom. The predicted octanol–water partition coefficient (Wildman–Crippen LogP) is 3.54. The van der Waals surface area contributed by atoms with Gasteiger partial charge in [-0.1, -0.05) is 27.2 Å². The summed E-state index contributed by atoms with van der Waals surface area (Å²) in [6, 6.07) is 5.34. The van der Waals surface area contributed by atoms with Crippen molar-refractivity contribution in [2.75, 3.05) is 6.54 Å². The van der Waals surface area contributed by atoms with E-state index in [4.69, 9.17) is 4.74 Å². The van der Waals surface area contributed by atoms with Crippen molar-refractivity contribution in [3.05, 3.63) is 29.6 Å². The number of fused-ring (bicyclic) bond motifs is 1. The molecule has 0 fully saturated rings. The highest BCUT2D eigenvalue weighted by molar-refractivity contribution is 5.37. The zero-order valence-corrected chi connectivity index (χ0v) is 12.1. The standard InChI is InChI=1S/C16H24FNO/c1-4-12(10-18-11(2)3)7-15-9-13-8-14(17)5-6-16(13)19-15/h5-6,8,11-12,15,18H,4,7,9-10H2,1-3H3. The first kappa shape index (κ1) is 14.3. The number of hydrogen-bond acceptors (Lipinski definition) is 2. The molecule has 1 aliphatic heterocycles. The average Bonchev–Trinajstić information content (AvgIpc) is 2.75. The van der Waals surface area contributed by atoms with Gasteiger partial charge in [0.1, 0.15) is 17.7 Å². The van der Waals surface area contributed by atoms with Crippen LogP contribution in [-0.4, -0.2) is 18.7 Å². The molecule has 0 saturated heterocycles. The minimum atomic E-state index is -0.170. The van der Waals surface area contributed by atoms with Crippen LogP contribution < -0.4 is 10.1 Å². The number of hydrogen-bond donors (Lipinski definition) is 1. The molecule has 1 aromatic rings. The number of rotatable bonds is 6. The van der Waals surface area contributed by atoms with Crippen LogP contribution >= 0.6 is 0 Å². The molecule has 0 spiro atoms. The van der Waals surface area contributed by atoms with Gasteiger partial charge in [0.15, 0.2) is 0 Å². The van der Waals surface area contributed by atoms with E-state index in [1.807, 2.05) is 0 Å². The average molecular weight is 265 g/mol. The Morgan fingerprint density at radius 2 is 2.21 bits per heavy atom. The molecule has 0 aliphatic carbocycles. The Labute approximate surface area is 115 Å². The lowest BCUT2D eigenvalue weighted by Gasteiger charge is -2.21. The van der Waals surface area contributed by atoms with E-state index in [2.05, 4.69) is 26.1 Å². The summed E-state index contributed by atoms with van der Waals surface area (Å²) in [4.78, 5) is 0. The molecule has 2 rings (SSSR count). The van der Waals surface area contributed by atoms with Crippen LogP contribution in [0.15, 0.2) is 18.2 Å². The summed E-state index contributed by atoms with van der Waals surface area (Å²) in [6.07, 6.45) is 3.22. The van der Waals surface area contributed by atoms with Crippen molar-refractivity contribution in [2.24, 2.45) is 5.92 Å². The van der Waals surface area contributed by atoms with Crippen LogP contribution in [-0.2, 0) is 6.42 Å². The predicted molar refractivity (Wildman–Crippen MR) is 76.1 cm³/mol. The van der Waals surface area contributed by atoms with Crippen molar-refractivity contribution in [2.45, 2.75) is 52.2 Å². The van der Waals surface area contributed by atoms with E-state index in [-0.39, 0.29) is 11.9 Å². The van der Waals surface area contributed by atoms with Crippen molar-refractivity contribution in [3.8, 4) is 5.75 Å². The van der Waals surface area contributed by atoms with Gasteiger partial charge in [0.2, 0.25) is 0 Å². The van der Waals surface area contributed by atoms with Gasteiger partial charge in [0, 0.05) is 18.0 Å². The molecule has 0 aromatic heterocycles. The lowest BCUT2D eigenvalue weighted by Crippen LogP contribution is -2.31. The van der Waals surface area contributed by atoms with E-state index in [9.17, 15) is 4.39 Å². The lowest BCUT2D eigenvalue weighted by molar-refractivity contribution is 0.189. The molecule has 19 heavy (non-hydrogen) atoms. The van der Waals surface area contributed by atoms with Gasteiger partial charge in [0.25, 0.3) is 0 Å². The number of halogens is 1. The molecule has 1 N–H and O–H groups in total. The molecule has 0 saturated carbocycles. The van der Waals surface area contributed by atoms with Crippen LogP contribution in [0.2, 0.25) is 0 Å². The third kappa shape index (κ3) is 3.93. The SMILES string of the molecule is CCC(CNC(C)C)CC1Cc2cc(F)ccc2O1. The normalized spacial score (nSPS) is 19.3. The maximum atomic E-state index is 13.2. The maximum absolute atomic E-state index is 13.2. The number of nitrogens with one attached hydrogen (secondary N) is 1. The minimum absolute atomic E-state index is 0.170. The number of benzene rings is 1. The van der Waals surface area contributed by atoms with E-state index in [0.717, 1.165) is 37.1 Å². The zero-order chi connectivity index (χ0) is 13.8. The summed E-state index contributed by atoms with van der Waals surface area (Å²) in [7, 11) is 0. The molecule has 1 aliphatic rings. The second-order valence-corrected chi connectivity index (χ2v) is 5.77. The van der Waals surface area contributed by atoms with Crippen LogP contribution in [0, 0.1) is 11.7 Å². The minimum Gasteiger partial charge on any atom is -0.490 e. The highest BCUT2D eigenvalue weighted by Gasteiger charge is 2.25. The molecular formula is C16H24FNO. The molecule has 2 atom stereocenters. The molecule has 0 amide bonds. The highest BCUT2D eigenvalue weighted by atomic mass is 19.1. The summed E-state index contributed by atoms with van der Waals surface area (Å²) >= 11 is 0. The zero-order valence-electron chi connectivity index (χ0n) is 12.1. The fourth-order valence-corrected chi connectivity index (χ4v) is 2.59. The van der Waals surface area contributed by atoms with Crippen LogP contribution in [0.4, 0.5) is 4.39 Å². The topological polar surface area (TPSA) is 21.3 Å². The van der Waals surface area contributed by atoms with Gasteiger partial charge in [-0.3, -0.25) is 0 Å². The van der Waals surface area contributed by atoms with Gasteiger partial charge in [-0.05, 0) is 37.1 Å². The van der Waals surface area contributed by atoms with Crippen LogP contribution in [0.3, 0.4) is 0 Å². The van der Waals surface area contributed by atoms with Crippen molar-refractivity contribution < 1.29 is 9.13 Å². The Morgan fingerprint density at radius 1 is 1.42 bits per heavy atom. The summed E-state index contributed by atoms with van der Waals surface area (Å²) in [6.45, 7) is 7.57. The first-order valence-corrected chi connectivity index (χ1v) is 7.27. The molecule has 0 radical (unpaired) electrons. The molecule has 1 heterocycles. The van der Waals surface area contributed by atoms with Crippen molar-refractivity contribution in [3.63, 3.8) is 0 Å². The number of ether oxygens (including phenoxy) is 1. The summed E-state index contributed by atoms with van der Waals surface area (Å²) in [5, 5.41) is 3.49. The molecule has 2 unspecified atom stereocenters. The van der Waals surface area contributed by atoms with E-state index in [0.29, 0.717) is 12.0 Å². The van der Waals surface area contributed by atoms with Crippen LogP contribution in [0.25, 0.3) is 0 Å². The van der Waals surface area contributed by atoms with Gasteiger partial charge in [0.05, 0.1) is 0 Å². The third-order valence-electron chi connectivity index (χ3n) is 3.75. The molecule has 106 valence electrons. The Hall–Kier alpha value is -1.09. The van der Waals surface area contributed by atoms with Crippen LogP contribution in [0.5, 0.6) is 5.75 Å². The van der Waals surface area contributed by atoms with Gasteiger partial charge in [-0.2, -0.15) is 0 Å². The van der Waals surface area contributed by atoms with Gasteiger partial charge >= 0.3 is 0 Å². The van der Waals surface area contributed by atoms with Gasteiger partial charge in [-0.25, -0.2) is 4.39 Å². The second-order valence-electron chi connectivity index (χ2n) is 5.77. The van der Waals surface area contributed by atoms with E-state index >= 15 is 0 Å². The summed E-state index contributed by atoms with van der Waals surface area (Å²) in [5.41, 5.74) is 1.01. The Kier molecular flexibility index (Phi) is 4.81. The Balaban J connectivity index is 1.88. The first-order chi connectivity index (χ1) is 9.08. The molecule has 0 bridgehead atoms.